The molecule has 1 N–H and O–H groups in total. The first-order valence-electron chi connectivity index (χ1n) is 11.3. The van der Waals surface area contributed by atoms with E-state index >= 15 is 0 Å². The number of hydrogen-bond donors (Lipinski definition) is 1. The molecule has 0 bridgehead atoms. The maximum Gasteiger partial charge on any atom is 0.341 e. The van der Waals surface area contributed by atoms with Gasteiger partial charge in [0.05, 0.1) is 5.56 Å². The highest BCUT2D eigenvalue weighted by Gasteiger charge is 2.32. The van der Waals surface area contributed by atoms with Gasteiger partial charge < -0.3 is 4.74 Å². The summed E-state index contributed by atoms with van der Waals surface area (Å²) in [5.74, 6) is -0.857. The normalized spacial score (nSPS) is 12.2. The lowest BCUT2D eigenvalue weighted by molar-refractivity contribution is 0.0429. The maximum absolute atomic E-state index is 13.9. The minimum Gasteiger partial charge on any atom is -0.435 e. The summed E-state index contributed by atoms with van der Waals surface area (Å²) in [6.07, 6.45) is 0. The predicted octanol–water partition coefficient (Wildman–Crippen LogP) is 6.92. The van der Waals surface area contributed by atoms with Crippen LogP contribution in [0.2, 0.25) is 0 Å². The molecule has 5 aromatic rings. The summed E-state index contributed by atoms with van der Waals surface area (Å²) in [7, 11) is -4.76. The molecule has 1 unspecified atom stereocenters. The average Bonchev–Trinajstić information content (AvgIpc) is 2.91. The highest BCUT2D eigenvalue weighted by atomic mass is 32.2. The van der Waals surface area contributed by atoms with Crippen LogP contribution in [0.4, 0.5) is 0 Å². The van der Waals surface area contributed by atoms with E-state index in [1.165, 1.54) is 12.1 Å². The first kappa shape index (κ1) is 23.5. The van der Waals surface area contributed by atoms with E-state index in [1.54, 1.807) is 18.2 Å². The van der Waals surface area contributed by atoms with Crippen molar-refractivity contribution in [2.75, 3.05) is 0 Å². The van der Waals surface area contributed by atoms with Gasteiger partial charge in [-0.05, 0) is 33.5 Å². The molecule has 0 amide bonds. The summed E-state index contributed by atoms with van der Waals surface area (Å²) in [6, 6.07) is 36.3. The SMILES string of the molecule is O=C(OC(c1ccccc1)S(=O)(=O)O)c1c(-c2ccccc2)cc2ccccc2c1-c1ccccc1. The van der Waals surface area contributed by atoms with Gasteiger partial charge in [-0.25, -0.2) is 4.79 Å². The van der Waals surface area contributed by atoms with E-state index in [4.69, 9.17) is 4.74 Å². The van der Waals surface area contributed by atoms with E-state index in [1.807, 2.05) is 91.0 Å². The molecule has 0 heterocycles. The summed E-state index contributed by atoms with van der Waals surface area (Å²) in [5, 5.41) is 1.74. The molecule has 1 atom stereocenters. The Balaban J connectivity index is 1.79. The Morgan fingerprint density at radius 2 is 1.22 bits per heavy atom. The number of hydrogen-bond acceptors (Lipinski definition) is 4. The molecule has 0 fully saturated rings. The van der Waals surface area contributed by atoms with Gasteiger partial charge in [-0.15, -0.1) is 0 Å². The molecule has 0 aliphatic rings. The Morgan fingerprint density at radius 3 is 1.83 bits per heavy atom. The van der Waals surface area contributed by atoms with Crippen molar-refractivity contribution < 1.29 is 22.5 Å². The number of fused-ring (bicyclic) bond motifs is 1. The molecule has 5 aromatic carbocycles. The summed E-state index contributed by atoms with van der Waals surface area (Å²) in [5.41, 5.74) is 1.27. The maximum atomic E-state index is 13.9. The zero-order chi connectivity index (χ0) is 25.1. The minimum absolute atomic E-state index is 0.150. The van der Waals surface area contributed by atoms with Crippen LogP contribution in [0.1, 0.15) is 21.4 Å². The summed E-state index contributed by atoms with van der Waals surface area (Å²) in [6.45, 7) is 0. The van der Waals surface area contributed by atoms with Gasteiger partial charge in [0.15, 0.2) is 0 Å². The highest BCUT2D eigenvalue weighted by molar-refractivity contribution is 7.85. The van der Waals surface area contributed by atoms with Gasteiger partial charge in [0.25, 0.3) is 5.44 Å². The summed E-state index contributed by atoms with van der Waals surface area (Å²) >= 11 is 0. The van der Waals surface area contributed by atoms with Crippen LogP contribution >= 0.6 is 0 Å². The van der Waals surface area contributed by atoms with E-state index in [9.17, 15) is 17.8 Å². The van der Waals surface area contributed by atoms with Gasteiger partial charge >= 0.3 is 16.1 Å². The van der Waals surface area contributed by atoms with Crippen molar-refractivity contribution in [3.05, 3.63) is 132 Å². The van der Waals surface area contributed by atoms with Crippen LogP contribution in [0.3, 0.4) is 0 Å². The monoisotopic (exact) mass is 494 g/mol. The Bertz CT molecular complexity index is 1630. The van der Waals surface area contributed by atoms with Crippen molar-refractivity contribution in [3.63, 3.8) is 0 Å². The molecule has 5 rings (SSSR count). The van der Waals surface area contributed by atoms with Crippen LogP contribution in [-0.2, 0) is 14.9 Å². The number of rotatable bonds is 6. The van der Waals surface area contributed by atoms with Crippen molar-refractivity contribution in [3.8, 4) is 22.3 Å². The lowest BCUT2D eigenvalue weighted by Crippen LogP contribution is -2.20. The fourth-order valence-electron chi connectivity index (χ4n) is 4.38. The molecule has 36 heavy (non-hydrogen) atoms. The van der Waals surface area contributed by atoms with Crippen molar-refractivity contribution in [1.29, 1.82) is 0 Å². The molecule has 178 valence electrons. The molecule has 0 saturated carbocycles. The lowest BCUT2D eigenvalue weighted by Gasteiger charge is -2.21. The Morgan fingerprint density at radius 1 is 0.694 bits per heavy atom. The van der Waals surface area contributed by atoms with Gasteiger partial charge in [0.1, 0.15) is 0 Å². The quantitative estimate of drug-likeness (QED) is 0.205. The van der Waals surface area contributed by atoms with E-state index in [2.05, 4.69) is 0 Å². The predicted molar refractivity (Wildman–Crippen MR) is 141 cm³/mol. The Hall–Kier alpha value is -4.26. The van der Waals surface area contributed by atoms with Crippen molar-refractivity contribution in [2.24, 2.45) is 0 Å². The molecule has 0 radical (unpaired) electrons. The fourth-order valence-corrected chi connectivity index (χ4v) is 5.09. The molecule has 5 nitrogen and oxygen atoms in total. The number of carbonyl (C=O) groups is 1. The molecular formula is C30H22O5S. The Labute approximate surface area is 209 Å². The standard InChI is InChI=1S/C30H22O5S/c31-29(35-30(36(32,33)34)23-16-8-3-9-17-23)28-26(21-12-4-1-5-13-21)20-24-18-10-11-19-25(24)27(28)22-14-6-2-7-15-22/h1-20,30H,(H,32,33,34). The number of carbonyl (C=O) groups excluding carboxylic acids is 1. The molecular weight excluding hydrogens is 472 g/mol. The molecule has 6 heteroatoms. The largest absolute Gasteiger partial charge is 0.435 e. The first-order chi connectivity index (χ1) is 17.4. The van der Waals surface area contributed by atoms with Crippen molar-refractivity contribution in [2.45, 2.75) is 5.44 Å². The van der Waals surface area contributed by atoms with Gasteiger partial charge in [-0.2, -0.15) is 8.42 Å². The smallest absolute Gasteiger partial charge is 0.341 e. The van der Waals surface area contributed by atoms with Crippen LogP contribution in [0.15, 0.2) is 121 Å². The van der Waals surface area contributed by atoms with Gasteiger partial charge in [0.2, 0.25) is 0 Å². The molecule has 0 spiro atoms. The first-order valence-corrected chi connectivity index (χ1v) is 12.8. The lowest BCUT2D eigenvalue weighted by atomic mass is 9.87. The molecule has 0 aliphatic heterocycles. The zero-order valence-corrected chi connectivity index (χ0v) is 19.9. The second kappa shape index (κ2) is 9.77. The van der Waals surface area contributed by atoms with E-state index in [0.29, 0.717) is 11.1 Å². The zero-order valence-electron chi connectivity index (χ0n) is 19.1. The summed E-state index contributed by atoms with van der Waals surface area (Å²) in [4.78, 5) is 13.9. The highest BCUT2D eigenvalue weighted by Crippen LogP contribution is 2.40. The van der Waals surface area contributed by atoms with Gasteiger partial charge in [-0.1, -0.05) is 115 Å². The van der Waals surface area contributed by atoms with Crippen molar-refractivity contribution in [1.82, 2.24) is 0 Å². The average molecular weight is 495 g/mol. The third-order valence-electron chi connectivity index (χ3n) is 5.96. The van der Waals surface area contributed by atoms with Gasteiger partial charge in [-0.3, -0.25) is 4.55 Å². The Kier molecular flexibility index (Phi) is 6.38. The topological polar surface area (TPSA) is 80.7 Å². The minimum atomic E-state index is -4.76. The van der Waals surface area contributed by atoms with Crippen molar-refractivity contribution >= 4 is 26.9 Å². The molecule has 0 saturated heterocycles. The van der Waals surface area contributed by atoms with Gasteiger partial charge in [0, 0.05) is 11.1 Å². The second-order valence-electron chi connectivity index (χ2n) is 8.29. The van der Waals surface area contributed by atoms with E-state index < -0.39 is 21.5 Å². The molecule has 0 aliphatic carbocycles. The van der Waals surface area contributed by atoms with Crippen LogP contribution in [0.5, 0.6) is 0 Å². The van der Waals surface area contributed by atoms with Crippen LogP contribution in [0, 0.1) is 0 Å². The number of esters is 1. The third kappa shape index (κ3) is 4.64. The van der Waals surface area contributed by atoms with Crippen LogP contribution in [0.25, 0.3) is 33.0 Å². The number of ether oxygens (including phenoxy) is 1. The third-order valence-corrected chi connectivity index (χ3v) is 6.87. The summed E-state index contributed by atoms with van der Waals surface area (Å²) < 4.78 is 40.1. The second-order valence-corrected chi connectivity index (χ2v) is 9.75. The number of benzene rings is 5. The molecule has 0 aromatic heterocycles. The van der Waals surface area contributed by atoms with E-state index in [-0.39, 0.29) is 11.1 Å². The van der Waals surface area contributed by atoms with E-state index in [0.717, 1.165) is 21.9 Å². The fraction of sp³-hybridized carbons (Fsp3) is 0.0333. The van der Waals surface area contributed by atoms with Crippen LogP contribution in [-0.4, -0.2) is 18.9 Å². The van der Waals surface area contributed by atoms with Crippen LogP contribution < -0.4 is 0 Å².